The molecule has 0 saturated heterocycles. The van der Waals surface area contributed by atoms with Crippen LogP contribution in [0.3, 0.4) is 0 Å². The van der Waals surface area contributed by atoms with Gasteiger partial charge in [-0.3, -0.25) is 0 Å². The Morgan fingerprint density at radius 2 is 1.61 bits per heavy atom. The lowest BCUT2D eigenvalue weighted by atomic mass is 10.1. The van der Waals surface area contributed by atoms with E-state index in [1.807, 2.05) is 67.6 Å². The Bertz CT molecular complexity index is 1120. The van der Waals surface area contributed by atoms with Crippen molar-refractivity contribution in [2.24, 2.45) is 0 Å². The number of aryl methyl sites for hydroxylation is 1. The third-order valence-corrected chi connectivity index (χ3v) is 4.63. The Morgan fingerprint density at radius 3 is 2.32 bits per heavy atom. The highest BCUT2D eigenvalue weighted by molar-refractivity contribution is 6.32. The molecule has 28 heavy (non-hydrogen) atoms. The van der Waals surface area contributed by atoms with E-state index in [-0.39, 0.29) is 0 Å². The summed E-state index contributed by atoms with van der Waals surface area (Å²) in [7, 11) is 0. The molecule has 0 N–H and O–H groups in total. The number of esters is 1. The van der Waals surface area contributed by atoms with E-state index in [1.54, 1.807) is 28.9 Å². The van der Waals surface area contributed by atoms with Gasteiger partial charge in [0.05, 0.1) is 22.0 Å². The molecular formula is C23H17ClN2O2. The number of hydrogen-bond acceptors (Lipinski definition) is 3. The summed E-state index contributed by atoms with van der Waals surface area (Å²) in [5.74, 6) is -0.148. The number of carbonyl (C=O) groups is 1. The molecule has 1 aromatic heterocycles. The minimum absolute atomic E-state index is 0.303. The van der Waals surface area contributed by atoms with Crippen LogP contribution in [0.25, 0.3) is 16.9 Å². The van der Waals surface area contributed by atoms with Crippen molar-refractivity contribution in [2.45, 2.75) is 6.92 Å². The second-order valence-corrected chi connectivity index (χ2v) is 6.76. The number of rotatable bonds is 4. The van der Waals surface area contributed by atoms with Crippen molar-refractivity contribution in [1.29, 1.82) is 0 Å². The van der Waals surface area contributed by atoms with Gasteiger partial charge < -0.3 is 4.74 Å². The standard InChI is InChI=1S/C23H17ClN2O2/c1-16-11-13-18(14-12-16)23(27)28-22-15-20(17-7-3-2-4-8-17)25-26(22)21-10-6-5-9-19(21)24/h2-15H,1H3. The van der Waals surface area contributed by atoms with Gasteiger partial charge in [0, 0.05) is 11.6 Å². The van der Waals surface area contributed by atoms with Crippen LogP contribution in [0.5, 0.6) is 5.88 Å². The molecule has 0 atom stereocenters. The molecule has 1 heterocycles. The summed E-state index contributed by atoms with van der Waals surface area (Å²) in [5.41, 5.74) is 3.79. The fourth-order valence-electron chi connectivity index (χ4n) is 2.83. The maximum absolute atomic E-state index is 12.6. The molecule has 0 radical (unpaired) electrons. The first-order chi connectivity index (χ1) is 13.6. The van der Waals surface area contributed by atoms with Crippen LogP contribution >= 0.6 is 11.6 Å². The molecule has 5 heteroatoms. The molecule has 0 fully saturated rings. The number of aromatic nitrogens is 2. The molecule has 4 aromatic rings. The smallest absolute Gasteiger partial charge is 0.344 e. The fraction of sp³-hybridized carbons (Fsp3) is 0.0435. The normalized spacial score (nSPS) is 10.6. The van der Waals surface area contributed by atoms with Crippen molar-refractivity contribution in [2.75, 3.05) is 0 Å². The summed E-state index contributed by atoms with van der Waals surface area (Å²) < 4.78 is 7.24. The monoisotopic (exact) mass is 388 g/mol. The number of carbonyl (C=O) groups excluding carboxylic acids is 1. The summed E-state index contributed by atoms with van der Waals surface area (Å²) in [5, 5.41) is 5.14. The molecule has 138 valence electrons. The quantitative estimate of drug-likeness (QED) is 0.420. The largest absolute Gasteiger partial charge is 0.404 e. The van der Waals surface area contributed by atoms with Gasteiger partial charge in [0.2, 0.25) is 5.88 Å². The maximum Gasteiger partial charge on any atom is 0.344 e. The summed E-state index contributed by atoms with van der Waals surface area (Å²) in [4.78, 5) is 12.6. The molecule has 0 saturated carbocycles. The number of nitrogens with zero attached hydrogens (tertiary/aromatic N) is 2. The van der Waals surface area contributed by atoms with Gasteiger partial charge in [0.1, 0.15) is 0 Å². The minimum atomic E-state index is -0.451. The van der Waals surface area contributed by atoms with Gasteiger partial charge in [-0.15, -0.1) is 0 Å². The van der Waals surface area contributed by atoms with Crippen molar-refractivity contribution in [3.63, 3.8) is 0 Å². The van der Waals surface area contributed by atoms with Crippen molar-refractivity contribution in [3.8, 4) is 22.8 Å². The molecule has 0 amide bonds. The van der Waals surface area contributed by atoms with Crippen LogP contribution in [-0.4, -0.2) is 15.7 Å². The molecule has 4 nitrogen and oxygen atoms in total. The van der Waals surface area contributed by atoms with Crippen LogP contribution in [0.2, 0.25) is 5.02 Å². The first kappa shape index (κ1) is 18.0. The predicted molar refractivity (Wildman–Crippen MR) is 110 cm³/mol. The van der Waals surface area contributed by atoms with Gasteiger partial charge in [-0.25, -0.2) is 4.79 Å². The number of halogens is 1. The number of benzene rings is 3. The van der Waals surface area contributed by atoms with E-state index < -0.39 is 5.97 Å². The zero-order chi connectivity index (χ0) is 19.5. The lowest BCUT2D eigenvalue weighted by Crippen LogP contribution is -2.12. The molecule has 0 aliphatic rings. The second-order valence-electron chi connectivity index (χ2n) is 6.35. The average molecular weight is 389 g/mol. The van der Waals surface area contributed by atoms with E-state index in [9.17, 15) is 4.79 Å². The van der Waals surface area contributed by atoms with Gasteiger partial charge in [-0.1, -0.05) is 71.8 Å². The average Bonchev–Trinajstić information content (AvgIpc) is 3.13. The Kier molecular flexibility index (Phi) is 4.96. The van der Waals surface area contributed by atoms with E-state index in [0.717, 1.165) is 11.1 Å². The van der Waals surface area contributed by atoms with Gasteiger partial charge in [-0.05, 0) is 31.2 Å². The summed E-state index contributed by atoms with van der Waals surface area (Å²) >= 11 is 6.36. The van der Waals surface area contributed by atoms with Crippen molar-refractivity contribution in [3.05, 3.63) is 101 Å². The molecular weight excluding hydrogens is 372 g/mol. The molecule has 0 aliphatic heterocycles. The number of ether oxygens (including phenoxy) is 1. The minimum Gasteiger partial charge on any atom is -0.404 e. The van der Waals surface area contributed by atoms with Crippen molar-refractivity contribution < 1.29 is 9.53 Å². The molecule has 0 unspecified atom stereocenters. The molecule has 0 aliphatic carbocycles. The molecule has 0 spiro atoms. The van der Waals surface area contributed by atoms with Gasteiger partial charge in [-0.2, -0.15) is 9.78 Å². The van der Waals surface area contributed by atoms with Crippen LogP contribution < -0.4 is 4.74 Å². The lowest BCUT2D eigenvalue weighted by Gasteiger charge is -2.09. The van der Waals surface area contributed by atoms with Crippen molar-refractivity contribution in [1.82, 2.24) is 9.78 Å². The van der Waals surface area contributed by atoms with Crippen LogP contribution in [0.1, 0.15) is 15.9 Å². The van der Waals surface area contributed by atoms with Gasteiger partial charge in [0.25, 0.3) is 0 Å². The number of para-hydroxylation sites is 1. The van der Waals surface area contributed by atoms with E-state index in [2.05, 4.69) is 5.10 Å². The highest BCUT2D eigenvalue weighted by atomic mass is 35.5. The Labute approximate surface area is 168 Å². The summed E-state index contributed by atoms with van der Waals surface area (Å²) in [6.45, 7) is 1.97. The Balaban J connectivity index is 1.76. The zero-order valence-electron chi connectivity index (χ0n) is 15.2. The van der Waals surface area contributed by atoms with Gasteiger partial charge in [0.15, 0.2) is 0 Å². The van der Waals surface area contributed by atoms with Crippen LogP contribution in [0.15, 0.2) is 84.9 Å². The van der Waals surface area contributed by atoms with E-state index >= 15 is 0 Å². The summed E-state index contributed by atoms with van der Waals surface area (Å²) in [6.07, 6.45) is 0. The third kappa shape index (κ3) is 3.68. The van der Waals surface area contributed by atoms with Crippen molar-refractivity contribution >= 4 is 17.6 Å². The summed E-state index contributed by atoms with van der Waals surface area (Å²) in [6, 6.07) is 26.0. The van der Waals surface area contributed by atoms with E-state index in [1.165, 1.54) is 0 Å². The third-order valence-electron chi connectivity index (χ3n) is 4.31. The highest BCUT2D eigenvalue weighted by Gasteiger charge is 2.18. The van der Waals surface area contributed by atoms with Crippen LogP contribution in [-0.2, 0) is 0 Å². The van der Waals surface area contributed by atoms with Gasteiger partial charge >= 0.3 is 5.97 Å². The first-order valence-electron chi connectivity index (χ1n) is 8.81. The Morgan fingerprint density at radius 1 is 0.929 bits per heavy atom. The van der Waals surface area contributed by atoms with Crippen LogP contribution in [0, 0.1) is 6.92 Å². The second kappa shape index (κ2) is 7.71. The lowest BCUT2D eigenvalue weighted by molar-refractivity contribution is 0.0723. The molecule has 3 aromatic carbocycles. The maximum atomic E-state index is 12.6. The predicted octanol–water partition coefficient (Wildman–Crippen LogP) is 5.72. The van der Waals surface area contributed by atoms with E-state index in [4.69, 9.17) is 16.3 Å². The highest BCUT2D eigenvalue weighted by Crippen LogP contribution is 2.29. The molecule has 0 bridgehead atoms. The van der Waals surface area contributed by atoms with Crippen LogP contribution in [0.4, 0.5) is 0 Å². The first-order valence-corrected chi connectivity index (χ1v) is 9.19. The Hall–Kier alpha value is -3.37. The fourth-order valence-corrected chi connectivity index (χ4v) is 3.04. The van der Waals surface area contributed by atoms with E-state index in [0.29, 0.717) is 27.8 Å². The molecule has 4 rings (SSSR count). The topological polar surface area (TPSA) is 44.1 Å². The number of hydrogen-bond donors (Lipinski definition) is 0. The zero-order valence-corrected chi connectivity index (χ0v) is 15.9. The SMILES string of the molecule is Cc1ccc(C(=O)Oc2cc(-c3ccccc3)nn2-c2ccccc2Cl)cc1.